The Morgan fingerprint density at radius 2 is 1.96 bits per heavy atom. The standard InChI is InChI=1S/C18H27BrN4/c19-16-6-5-7-17(12-16)23-11-8-15(14-23)13-21-18(20)22-9-3-1-2-4-10-22/h5-7,12,15H,1-4,8-11,13-14H2,(H2,20,21). The van der Waals surface area contributed by atoms with E-state index in [2.05, 4.69) is 50.0 Å². The fourth-order valence-electron chi connectivity index (χ4n) is 3.51. The predicted molar refractivity (Wildman–Crippen MR) is 101 cm³/mol. The van der Waals surface area contributed by atoms with E-state index < -0.39 is 0 Å². The Bertz CT molecular complexity index is 538. The summed E-state index contributed by atoms with van der Waals surface area (Å²) >= 11 is 3.55. The zero-order valence-corrected chi connectivity index (χ0v) is 15.3. The lowest BCUT2D eigenvalue weighted by molar-refractivity contribution is 0.426. The second-order valence-corrected chi connectivity index (χ2v) is 7.60. The third kappa shape index (κ3) is 4.63. The van der Waals surface area contributed by atoms with E-state index >= 15 is 0 Å². The van der Waals surface area contributed by atoms with Gasteiger partial charge >= 0.3 is 0 Å². The van der Waals surface area contributed by atoms with Gasteiger partial charge in [-0.3, -0.25) is 4.99 Å². The number of hydrogen-bond donors (Lipinski definition) is 1. The fourth-order valence-corrected chi connectivity index (χ4v) is 3.90. The molecule has 3 rings (SSSR count). The number of likely N-dealkylation sites (tertiary alicyclic amines) is 1. The molecule has 4 nitrogen and oxygen atoms in total. The number of hydrogen-bond acceptors (Lipinski definition) is 2. The summed E-state index contributed by atoms with van der Waals surface area (Å²) in [6, 6.07) is 8.55. The van der Waals surface area contributed by atoms with Gasteiger partial charge in [0.25, 0.3) is 0 Å². The zero-order chi connectivity index (χ0) is 16.1. The quantitative estimate of drug-likeness (QED) is 0.646. The topological polar surface area (TPSA) is 44.9 Å². The van der Waals surface area contributed by atoms with Crippen LogP contribution in [0.4, 0.5) is 5.69 Å². The smallest absolute Gasteiger partial charge is 0.191 e. The number of nitrogens with zero attached hydrogens (tertiary/aromatic N) is 3. The average molecular weight is 379 g/mol. The van der Waals surface area contributed by atoms with E-state index in [0.29, 0.717) is 5.92 Å². The molecule has 23 heavy (non-hydrogen) atoms. The molecule has 1 aromatic carbocycles. The molecule has 2 saturated heterocycles. The average Bonchev–Trinajstić information content (AvgIpc) is 2.86. The summed E-state index contributed by atoms with van der Waals surface area (Å²) in [5.41, 5.74) is 7.52. The Hall–Kier alpha value is -1.23. The van der Waals surface area contributed by atoms with Crippen LogP contribution in [0.25, 0.3) is 0 Å². The van der Waals surface area contributed by atoms with Crippen molar-refractivity contribution >= 4 is 27.6 Å². The normalized spacial score (nSPS) is 23.2. The van der Waals surface area contributed by atoms with E-state index in [1.165, 1.54) is 37.8 Å². The summed E-state index contributed by atoms with van der Waals surface area (Å²) in [6.45, 7) is 5.19. The van der Waals surface area contributed by atoms with Gasteiger partial charge in [0.05, 0.1) is 0 Å². The molecule has 0 radical (unpaired) electrons. The Morgan fingerprint density at radius 3 is 2.70 bits per heavy atom. The minimum Gasteiger partial charge on any atom is -0.371 e. The van der Waals surface area contributed by atoms with E-state index in [1.54, 1.807) is 0 Å². The summed E-state index contributed by atoms with van der Waals surface area (Å²) < 4.78 is 1.14. The predicted octanol–water partition coefficient (Wildman–Crippen LogP) is 3.47. The van der Waals surface area contributed by atoms with Gasteiger partial charge in [-0.05, 0) is 43.4 Å². The first kappa shape index (κ1) is 16.6. The van der Waals surface area contributed by atoms with Gasteiger partial charge in [0.2, 0.25) is 0 Å². The number of halogens is 1. The molecule has 0 spiro atoms. The van der Waals surface area contributed by atoms with Crippen LogP contribution in [0.3, 0.4) is 0 Å². The lowest BCUT2D eigenvalue weighted by Crippen LogP contribution is -2.38. The molecule has 2 heterocycles. The van der Waals surface area contributed by atoms with Gasteiger partial charge in [-0.2, -0.15) is 0 Å². The Labute approximate surface area is 147 Å². The molecule has 0 aromatic heterocycles. The van der Waals surface area contributed by atoms with Gasteiger partial charge < -0.3 is 15.5 Å². The lowest BCUT2D eigenvalue weighted by Gasteiger charge is -2.22. The maximum atomic E-state index is 6.22. The number of rotatable bonds is 3. The van der Waals surface area contributed by atoms with Crippen LogP contribution in [0.1, 0.15) is 32.1 Å². The largest absolute Gasteiger partial charge is 0.371 e. The summed E-state index contributed by atoms with van der Waals surface area (Å²) in [4.78, 5) is 9.42. The minimum atomic E-state index is 0.611. The maximum Gasteiger partial charge on any atom is 0.191 e. The van der Waals surface area contributed by atoms with Crippen LogP contribution >= 0.6 is 15.9 Å². The van der Waals surface area contributed by atoms with Crippen molar-refractivity contribution in [3.63, 3.8) is 0 Å². The van der Waals surface area contributed by atoms with Crippen molar-refractivity contribution in [3.8, 4) is 0 Å². The monoisotopic (exact) mass is 378 g/mol. The highest BCUT2D eigenvalue weighted by molar-refractivity contribution is 9.10. The first-order chi connectivity index (χ1) is 11.2. The van der Waals surface area contributed by atoms with Crippen LogP contribution in [0, 0.1) is 5.92 Å². The number of anilines is 1. The first-order valence-corrected chi connectivity index (χ1v) is 9.57. The van der Waals surface area contributed by atoms with Crippen molar-refractivity contribution < 1.29 is 0 Å². The summed E-state index contributed by atoms with van der Waals surface area (Å²) in [5, 5.41) is 0. The number of nitrogens with two attached hydrogens (primary N) is 1. The molecule has 2 aliphatic heterocycles. The Balaban J connectivity index is 1.52. The Kier molecular flexibility index (Phi) is 5.81. The van der Waals surface area contributed by atoms with Crippen LogP contribution in [0.2, 0.25) is 0 Å². The van der Waals surface area contributed by atoms with Crippen LogP contribution in [0.15, 0.2) is 33.7 Å². The van der Waals surface area contributed by atoms with Crippen molar-refractivity contribution in [2.45, 2.75) is 32.1 Å². The van der Waals surface area contributed by atoms with E-state index in [-0.39, 0.29) is 0 Å². The highest BCUT2D eigenvalue weighted by atomic mass is 79.9. The van der Waals surface area contributed by atoms with E-state index in [0.717, 1.165) is 43.2 Å². The van der Waals surface area contributed by atoms with Crippen LogP contribution in [-0.4, -0.2) is 43.6 Å². The second kappa shape index (κ2) is 8.04. The van der Waals surface area contributed by atoms with Crippen molar-refractivity contribution in [3.05, 3.63) is 28.7 Å². The van der Waals surface area contributed by atoms with Gasteiger partial charge in [0, 0.05) is 42.9 Å². The molecular formula is C18H27BrN4. The number of benzene rings is 1. The van der Waals surface area contributed by atoms with Gasteiger partial charge in [0.1, 0.15) is 0 Å². The molecule has 1 unspecified atom stereocenters. The van der Waals surface area contributed by atoms with E-state index in [4.69, 9.17) is 10.7 Å². The van der Waals surface area contributed by atoms with E-state index in [9.17, 15) is 0 Å². The molecule has 1 atom stereocenters. The van der Waals surface area contributed by atoms with Crippen molar-refractivity contribution in [1.29, 1.82) is 0 Å². The van der Waals surface area contributed by atoms with E-state index in [1.807, 2.05) is 0 Å². The maximum absolute atomic E-state index is 6.22. The van der Waals surface area contributed by atoms with Gasteiger partial charge in [-0.25, -0.2) is 0 Å². The van der Waals surface area contributed by atoms with Gasteiger partial charge in [0.15, 0.2) is 5.96 Å². The zero-order valence-electron chi connectivity index (χ0n) is 13.8. The van der Waals surface area contributed by atoms with Crippen molar-refractivity contribution in [1.82, 2.24) is 4.90 Å². The molecule has 0 bridgehead atoms. The molecular weight excluding hydrogens is 352 g/mol. The van der Waals surface area contributed by atoms with Gasteiger partial charge in [-0.1, -0.05) is 34.8 Å². The summed E-state index contributed by atoms with van der Waals surface area (Å²) in [6.07, 6.45) is 6.35. The lowest BCUT2D eigenvalue weighted by atomic mass is 10.1. The fraction of sp³-hybridized carbons (Fsp3) is 0.611. The molecule has 0 amide bonds. The van der Waals surface area contributed by atoms with Crippen LogP contribution < -0.4 is 10.6 Å². The summed E-state index contributed by atoms with van der Waals surface area (Å²) in [7, 11) is 0. The van der Waals surface area contributed by atoms with Crippen LogP contribution in [-0.2, 0) is 0 Å². The molecule has 0 aliphatic carbocycles. The Morgan fingerprint density at radius 1 is 1.17 bits per heavy atom. The number of guanidine groups is 1. The molecule has 2 fully saturated rings. The molecule has 5 heteroatoms. The molecule has 2 N–H and O–H groups in total. The molecule has 0 saturated carbocycles. The third-order valence-corrected chi connectivity index (χ3v) is 5.39. The second-order valence-electron chi connectivity index (χ2n) is 6.68. The minimum absolute atomic E-state index is 0.611. The number of aliphatic imine (C=N–C) groups is 1. The molecule has 1 aromatic rings. The third-order valence-electron chi connectivity index (χ3n) is 4.90. The first-order valence-electron chi connectivity index (χ1n) is 8.78. The molecule has 2 aliphatic rings. The van der Waals surface area contributed by atoms with Gasteiger partial charge in [-0.15, -0.1) is 0 Å². The highest BCUT2D eigenvalue weighted by Crippen LogP contribution is 2.26. The van der Waals surface area contributed by atoms with Crippen LogP contribution in [0.5, 0.6) is 0 Å². The highest BCUT2D eigenvalue weighted by Gasteiger charge is 2.23. The van der Waals surface area contributed by atoms with Crippen molar-refractivity contribution in [2.24, 2.45) is 16.6 Å². The summed E-state index contributed by atoms with van der Waals surface area (Å²) in [5.74, 6) is 1.37. The van der Waals surface area contributed by atoms with Crippen molar-refractivity contribution in [2.75, 3.05) is 37.6 Å². The SMILES string of the molecule is NC(=NCC1CCN(c2cccc(Br)c2)C1)N1CCCCCC1. The molecule has 126 valence electrons.